The third-order valence-corrected chi connectivity index (χ3v) is 3.58. The molecule has 1 aromatic rings. The molecular formula is C14H22N2. The Bertz CT molecular complexity index is 354. The Labute approximate surface area is 98.2 Å². The fraction of sp³-hybridized carbons (Fsp3) is 0.571. The first kappa shape index (κ1) is 11.6. The average Bonchev–Trinajstić information content (AvgIpc) is 2.32. The van der Waals surface area contributed by atoms with E-state index in [2.05, 4.69) is 37.4 Å². The summed E-state index contributed by atoms with van der Waals surface area (Å²) >= 11 is 0. The third-order valence-electron chi connectivity index (χ3n) is 3.58. The Hall–Kier alpha value is -0.860. The molecule has 2 atom stereocenters. The second-order valence-electron chi connectivity index (χ2n) is 4.94. The van der Waals surface area contributed by atoms with Crippen LogP contribution in [0.15, 0.2) is 18.2 Å². The van der Waals surface area contributed by atoms with Gasteiger partial charge in [0.1, 0.15) is 0 Å². The highest BCUT2D eigenvalue weighted by molar-refractivity contribution is 5.33. The molecule has 0 aromatic heterocycles. The standard InChI is InChI=1S/C14H22N2/c1-10-6-7-11(2)12(9-10)14(15)13-5-3-4-8-16-13/h6-7,9,13-14,16H,3-5,8,15H2,1-2H3. The van der Waals surface area contributed by atoms with Gasteiger partial charge in [0.15, 0.2) is 0 Å². The SMILES string of the molecule is Cc1ccc(C)c(C(N)C2CCCCN2)c1. The van der Waals surface area contributed by atoms with Gasteiger partial charge in [0.2, 0.25) is 0 Å². The lowest BCUT2D eigenvalue weighted by Gasteiger charge is -2.30. The Morgan fingerprint density at radius 2 is 2.12 bits per heavy atom. The monoisotopic (exact) mass is 218 g/mol. The molecule has 2 nitrogen and oxygen atoms in total. The summed E-state index contributed by atoms with van der Waals surface area (Å²) < 4.78 is 0. The lowest BCUT2D eigenvalue weighted by molar-refractivity contribution is 0.353. The normalized spacial score (nSPS) is 23.1. The van der Waals surface area contributed by atoms with Crippen LogP contribution in [0, 0.1) is 13.8 Å². The Balaban J connectivity index is 2.18. The maximum Gasteiger partial charge on any atom is 0.0453 e. The van der Waals surface area contributed by atoms with E-state index in [1.165, 1.54) is 36.0 Å². The first-order valence-electron chi connectivity index (χ1n) is 6.24. The molecule has 1 aliphatic rings. The molecule has 2 heteroatoms. The van der Waals surface area contributed by atoms with Crippen LogP contribution in [0.1, 0.15) is 42.0 Å². The molecule has 16 heavy (non-hydrogen) atoms. The van der Waals surface area contributed by atoms with E-state index >= 15 is 0 Å². The van der Waals surface area contributed by atoms with E-state index in [0.29, 0.717) is 6.04 Å². The minimum absolute atomic E-state index is 0.139. The van der Waals surface area contributed by atoms with Gasteiger partial charge in [-0.1, -0.05) is 30.2 Å². The highest BCUT2D eigenvalue weighted by Gasteiger charge is 2.22. The molecule has 0 aliphatic carbocycles. The fourth-order valence-corrected chi connectivity index (χ4v) is 2.52. The van der Waals surface area contributed by atoms with Crippen molar-refractivity contribution in [1.29, 1.82) is 0 Å². The summed E-state index contributed by atoms with van der Waals surface area (Å²) in [7, 11) is 0. The lowest BCUT2D eigenvalue weighted by atomic mass is 9.90. The molecule has 0 bridgehead atoms. The summed E-state index contributed by atoms with van der Waals surface area (Å²) in [5.74, 6) is 0. The van der Waals surface area contributed by atoms with Gasteiger partial charge < -0.3 is 11.1 Å². The largest absolute Gasteiger partial charge is 0.323 e. The van der Waals surface area contributed by atoms with Gasteiger partial charge in [-0.3, -0.25) is 0 Å². The summed E-state index contributed by atoms with van der Waals surface area (Å²) in [5.41, 5.74) is 10.3. The van der Waals surface area contributed by atoms with Gasteiger partial charge in [0.25, 0.3) is 0 Å². The van der Waals surface area contributed by atoms with Gasteiger partial charge >= 0.3 is 0 Å². The van der Waals surface area contributed by atoms with Crippen molar-refractivity contribution in [2.75, 3.05) is 6.54 Å². The summed E-state index contributed by atoms with van der Waals surface area (Å²) in [6.45, 7) is 5.39. The van der Waals surface area contributed by atoms with Crippen LogP contribution in [-0.2, 0) is 0 Å². The summed E-state index contributed by atoms with van der Waals surface area (Å²) in [6, 6.07) is 7.15. The molecule has 2 unspecified atom stereocenters. The molecule has 1 aliphatic heterocycles. The molecule has 1 heterocycles. The minimum atomic E-state index is 0.139. The zero-order chi connectivity index (χ0) is 11.5. The van der Waals surface area contributed by atoms with E-state index in [9.17, 15) is 0 Å². The smallest absolute Gasteiger partial charge is 0.0453 e. The van der Waals surface area contributed by atoms with Crippen molar-refractivity contribution in [3.63, 3.8) is 0 Å². The molecule has 0 saturated carbocycles. The molecule has 1 aromatic carbocycles. The number of hydrogen-bond acceptors (Lipinski definition) is 2. The number of piperidine rings is 1. The van der Waals surface area contributed by atoms with Gasteiger partial charge in [-0.05, 0) is 44.4 Å². The number of nitrogens with two attached hydrogens (primary N) is 1. The number of hydrogen-bond donors (Lipinski definition) is 2. The van der Waals surface area contributed by atoms with Crippen molar-refractivity contribution in [3.8, 4) is 0 Å². The Morgan fingerprint density at radius 1 is 1.31 bits per heavy atom. The fourth-order valence-electron chi connectivity index (χ4n) is 2.52. The molecule has 1 saturated heterocycles. The van der Waals surface area contributed by atoms with Gasteiger partial charge in [-0.15, -0.1) is 0 Å². The number of aryl methyl sites for hydroxylation is 2. The second-order valence-corrected chi connectivity index (χ2v) is 4.94. The predicted octanol–water partition coefficient (Wildman–Crippen LogP) is 2.45. The van der Waals surface area contributed by atoms with Crippen LogP contribution in [0.4, 0.5) is 0 Å². The van der Waals surface area contributed by atoms with Crippen molar-refractivity contribution in [2.24, 2.45) is 5.73 Å². The lowest BCUT2D eigenvalue weighted by Crippen LogP contribution is -2.42. The first-order valence-corrected chi connectivity index (χ1v) is 6.24. The maximum atomic E-state index is 6.38. The molecule has 1 fully saturated rings. The van der Waals surface area contributed by atoms with Crippen molar-refractivity contribution >= 4 is 0 Å². The maximum absolute atomic E-state index is 6.38. The third kappa shape index (κ3) is 2.45. The molecule has 0 spiro atoms. The highest BCUT2D eigenvalue weighted by atomic mass is 15.0. The van der Waals surface area contributed by atoms with Crippen LogP contribution in [-0.4, -0.2) is 12.6 Å². The Morgan fingerprint density at radius 3 is 2.81 bits per heavy atom. The van der Waals surface area contributed by atoms with Crippen LogP contribution < -0.4 is 11.1 Å². The van der Waals surface area contributed by atoms with Gasteiger partial charge in [-0.25, -0.2) is 0 Å². The predicted molar refractivity (Wildman–Crippen MR) is 68.5 cm³/mol. The minimum Gasteiger partial charge on any atom is -0.323 e. The first-order chi connectivity index (χ1) is 7.68. The molecule has 0 radical (unpaired) electrons. The van der Waals surface area contributed by atoms with Crippen LogP contribution >= 0.6 is 0 Å². The van der Waals surface area contributed by atoms with E-state index < -0.39 is 0 Å². The van der Waals surface area contributed by atoms with Crippen molar-refractivity contribution < 1.29 is 0 Å². The van der Waals surface area contributed by atoms with E-state index in [4.69, 9.17) is 5.73 Å². The van der Waals surface area contributed by atoms with Crippen molar-refractivity contribution in [2.45, 2.75) is 45.2 Å². The van der Waals surface area contributed by atoms with E-state index in [-0.39, 0.29) is 6.04 Å². The zero-order valence-electron chi connectivity index (χ0n) is 10.3. The molecule has 0 amide bonds. The van der Waals surface area contributed by atoms with E-state index in [1.807, 2.05) is 0 Å². The average molecular weight is 218 g/mol. The van der Waals surface area contributed by atoms with Crippen LogP contribution in [0.3, 0.4) is 0 Å². The number of rotatable bonds is 2. The zero-order valence-corrected chi connectivity index (χ0v) is 10.3. The van der Waals surface area contributed by atoms with Gasteiger partial charge in [0.05, 0.1) is 0 Å². The molecular weight excluding hydrogens is 196 g/mol. The molecule has 3 N–H and O–H groups in total. The summed E-state index contributed by atoms with van der Waals surface area (Å²) in [4.78, 5) is 0. The highest BCUT2D eigenvalue weighted by Crippen LogP contribution is 2.24. The summed E-state index contributed by atoms with van der Waals surface area (Å²) in [5, 5.41) is 3.54. The summed E-state index contributed by atoms with van der Waals surface area (Å²) in [6.07, 6.45) is 3.79. The molecule has 88 valence electrons. The number of benzene rings is 1. The Kier molecular flexibility index (Phi) is 3.62. The van der Waals surface area contributed by atoms with E-state index in [1.54, 1.807) is 0 Å². The van der Waals surface area contributed by atoms with Crippen molar-refractivity contribution in [1.82, 2.24) is 5.32 Å². The van der Waals surface area contributed by atoms with E-state index in [0.717, 1.165) is 6.54 Å². The van der Waals surface area contributed by atoms with Crippen LogP contribution in [0.2, 0.25) is 0 Å². The topological polar surface area (TPSA) is 38.0 Å². The van der Waals surface area contributed by atoms with Crippen LogP contribution in [0.25, 0.3) is 0 Å². The quantitative estimate of drug-likeness (QED) is 0.800. The second kappa shape index (κ2) is 4.98. The van der Waals surface area contributed by atoms with Crippen molar-refractivity contribution in [3.05, 3.63) is 34.9 Å². The van der Waals surface area contributed by atoms with Gasteiger partial charge in [0, 0.05) is 12.1 Å². The number of nitrogens with one attached hydrogen (secondary N) is 1. The van der Waals surface area contributed by atoms with Gasteiger partial charge in [-0.2, -0.15) is 0 Å². The van der Waals surface area contributed by atoms with Crippen LogP contribution in [0.5, 0.6) is 0 Å². The molecule has 2 rings (SSSR count).